The molecule has 18 heavy (non-hydrogen) atoms. The van der Waals surface area contributed by atoms with Gasteiger partial charge in [-0.2, -0.15) is 4.68 Å². The maximum Gasteiger partial charge on any atom is 0.307 e. The van der Waals surface area contributed by atoms with Crippen LogP contribution in [0.5, 0.6) is 0 Å². The van der Waals surface area contributed by atoms with Gasteiger partial charge < -0.3 is 5.11 Å². The number of rotatable bonds is 3. The van der Waals surface area contributed by atoms with Gasteiger partial charge in [-0.25, -0.2) is 0 Å². The first-order valence-corrected chi connectivity index (χ1v) is 5.75. The highest BCUT2D eigenvalue weighted by molar-refractivity contribution is 5.74. The quantitative estimate of drug-likeness (QED) is 0.876. The van der Waals surface area contributed by atoms with Crippen LogP contribution in [-0.4, -0.2) is 31.3 Å². The summed E-state index contributed by atoms with van der Waals surface area (Å²) in [6, 6.07) is 7.76. The molecular formula is C12H12N4O2. The zero-order chi connectivity index (χ0) is 12.7. The van der Waals surface area contributed by atoms with E-state index >= 15 is 0 Å². The summed E-state index contributed by atoms with van der Waals surface area (Å²) >= 11 is 0. The largest absolute Gasteiger partial charge is 0.481 e. The van der Waals surface area contributed by atoms with Crippen LogP contribution in [0.25, 0.3) is 5.69 Å². The molecule has 2 unspecified atom stereocenters. The molecule has 0 radical (unpaired) electrons. The molecule has 0 bridgehead atoms. The van der Waals surface area contributed by atoms with Crippen molar-refractivity contribution in [3.05, 3.63) is 35.7 Å². The van der Waals surface area contributed by atoms with Gasteiger partial charge in [-0.05, 0) is 35.4 Å². The number of hydrogen-bond acceptors (Lipinski definition) is 4. The summed E-state index contributed by atoms with van der Waals surface area (Å²) in [4.78, 5) is 10.9. The number of carboxylic acid groups (broad SMARTS) is 1. The Kier molecular flexibility index (Phi) is 2.36. The molecule has 0 amide bonds. The van der Waals surface area contributed by atoms with Crippen LogP contribution >= 0.6 is 0 Å². The maximum absolute atomic E-state index is 10.9. The van der Waals surface area contributed by atoms with Gasteiger partial charge in [-0.3, -0.25) is 4.79 Å². The molecule has 1 aromatic heterocycles. The van der Waals surface area contributed by atoms with Gasteiger partial charge in [-0.15, -0.1) is 5.10 Å². The van der Waals surface area contributed by atoms with Crippen molar-refractivity contribution in [2.75, 3.05) is 0 Å². The summed E-state index contributed by atoms with van der Waals surface area (Å²) in [7, 11) is 0. The van der Waals surface area contributed by atoms with E-state index in [1.54, 1.807) is 4.68 Å². The minimum absolute atomic E-state index is 0.0721. The summed E-state index contributed by atoms with van der Waals surface area (Å²) in [6.07, 6.45) is 0.613. The molecule has 92 valence electrons. The Morgan fingerprint density at radius 3 is 2.89 bits per heavy atom. The fourth-order valence-electron chi connectivity index (χ4n) is 2.15. The van der Waals surface area contributed by atoms with E-state index < -0.39 is 5.97 Å². The van der Waals surface area contributed by atoms with Crippen molar-refractivity contribution in [3.8, 4) is 5.69 Å². The van der Waals surface area contributed by atoms with E-state index in [2.05, 4.69) is 15.5 Å². The lowest BCUT2D eigenvalue weighted by Crippen LogP contribution is -2.06. The summed E-state index contributed by atoms with van der Waals surface area (Å²) in [5, 5.41) is 20.6. The van der Waals surface area contributed by atoms with Crippen LogP contribution in [0.1, 0.15) is 23.7 Å². The number of benzene rings is 1. The third-order valence-corrected chi connectivity index (χ3v) is 3.28. The van der Waals surface area contributed by atoms with Crippen LogP contribution in [0.15, 0.2) is 24.3 Å². The monoisotopic (exact) mass is 244 g/mol. The smallest absolute Gasteiger partial charge is 0.307 e. The summed E-state index contributed by atoms with van der Waals surface area (Å²) < 4.78 is 1.64. The van der Waals surface area contributed by atoms with Gasteiger partial charge in [0.25, 0.3) is 0 Å². The number of carbonyl (C=O) groups is 1. The number of aryl methyl sites for hydroxylation is 1. The molecule has 1 heterocycles. The van der Waals surface area contributed by atoms with Crippen molar-refractivity contribution in [1.29, 1.82) is 0 Å². The van der Waals surface area contributed by atoms with E-state index in [1.165, 1.54) is 0 Å². The Bertz CT molecular complexity index is 608. The number of aliphatic carboxylic acids is 1. The fourth-order valence-corrected chi connectivity index (χ4v) is 2.15. The molecule has 1 aliphatic carbocycles. The van der Waals surface area contributed by atoms with Gasteiger partial charge >= 0.3 is 5.97 Å². The van der Waals surface area contributed by atoms with E-state index in [1.807, 2.05) is 31.2 Å². The summed E-state index contributed by atoms with van der Waals surface area (Å²) in [5.41, 5.74) is 1.95. The highest BCUT2D eigenvalue weighted by Gasteiger charge is 2.47. The lowest BCUT2D eigenvalue weighted by Gasteiger charge is -2.06. The number of hydrogen-bond donors (Lipinski definition) is 1. The van der Waals surface area contributed by atoms with E-state index in [9.17, 15) is 4.79 Å². The first-order chi connectivity index (χ1) is 8.68. The predicted octanol–water partition coefficient (Wildman–Crippen LogP) is 1.16. The minimum atomic E-state index is -0.778. The number of para-hydroxylation sites is 1. The van der Waals surface area contributed by atoms with Gasteiger partial charge in [0.2, 0.25) is 0 Å². The van der Waals surface area contributed by atoms with Crippen molar-refractivity contribution in [2.24, 2.45) is 5.92 Å². The molecule has 2 aromatic rings. The van der Waals surface area contributed by atoms with Gasteiger partial charge in [0.15, 0.2) is 5.82 Å². The Hall–Kier alpha value is -2.24. The van der Waals surface area contributed by atoms with Crippen LogP contribution in [0.3, 0.4) is 0 Å². The highest BCUT2D eigenvalue weighted by atomic mass is 16.4. The zero-order valence-electron chi connectivity index (χ0n) is 9.82. The van der Waals surface area contributed by atoms with Gasteiger partial charge in [0, 0.05) is 5.92 Å². The number of carboxylic acids is 1. The number of aromatic nitrogens is 4. The Balaban J connectivity index is 1.99. The molecule has 2 atom stereocenters. The second-order valence-electron chi connectivity index (χ2n) is 4.52. The molecular weight excluding hydrogens is 232 g/mol. The van der Waals surface area contributed by atoms with Crippen molar-refractivity contribution in [2.45, 2.75) is 19.3 Å². The zero-order valence-corrected chi connectivity index (χ0v) is 9.82. The molecule has 1 saturated carbocycles. The van der Waals surface area contributed by atoms with Gasteiger partial charge in [-0.1, -0.05) is 18.2 Å². The SMILES string of the molecule is Cc1ccccc1-n1nnnc1C1CC1C(=O)O. The van der Waals surface area contributed by atoms with E-state index in [0.717, 1.165) is 11.3 Å². The van der Waals surface area contributed by atoms with Crippen LogP contribution in [-0.2, 0) is 4.79 Å². The average Bonchev–Trinajstić information content (AvgIpc) is 3.01. The van der Waals surface area contributed by atoms with Gasteiger partial charge in [0.1, 0.15) is 0 Å². The van der Waals surface area contributed by atoms with E-state index in [-0.39, 0.29) is 11.8 Å². The molecule has 3 rings (SSSR count). The minimum Gasteiger partial charge on any atom is -0.481 e. The summed E-state index contributed by atoms with van der Waals surface area (Å²) in [5.74, 6) is -0.563. The number of nitrogens with zero attached hydrogens (tertiary/aromatic N) is 4. The Morgan fingerprint density at radius 2 is 2.22 bits per heavy atom. The van der Waals surface area contributed by atoms with Crippen molar-refractivity contribution >= 4 is 5.97 Å². The topological polar surface area (TPSA) is 80.9 Å². The number of tetrazole rings is 1. The second-order valence-corrected chi connectivity index (χ2v) is 4.52. The van der Waals surface area contributed by atoms with Crippen molar-refractivity contribution in [1.82, 2.24) is 20.2 Å². The molecule has 1 aromatic carbocycles. The fraction of sp³-hybridized carbons (Fsp3) is 0.333. The second kappa shape index (κ2) is 3.90. The lowest BCUT2D eigenvalue weighted by atomic mass is 10.2. The molecule has 0 spiro atoms. The molecule has 1 N–H and O–H groups in total. The molecule has 1 fully saturated rings. The first kappa shape index (κ1) is 10.9. The van der Waals surface area contributed by atoms with Crippen LogP contribution in [0.4, 0.5) is 0 Å². The highest BCUT2D eigenvalue weighted by Crippen LogP contribution is 2.46. The maximum atomic E-state index is 10.9. The van der Waals surface area contributed by atoms with Crippen molar-refractivity contribution in [3.63, 3.8) is 0 Å². The molecule has 6 nitrogen and oxygen atoms in total. The molecule has 1 aliphatic rings. The first-order valence-electron chi connectivity index (χ1n) is 5.75. The predicted molar refractivity (Wildman–Crippen MR) is 62.4 cm³/mol. The average molecular weight is 244 g/mol. The third kappa shape index (κ3) is 1.66. The Morgan fingerprint density at radius 1 is 1.44 bits per heavy atom. The molecule has 0 saturated heterocycles. The van der Waals surface area contributed by atoms with Crippen LogP contribution in [0.2, 0.25) is 0 Å². The summed E-state index contributed by atoms with van der Waals surface area (Å²) in [6.45, 7) is 1.97. The standard InChI is InChI=1S/C12H12N4O2/c1-7-4-2-3-5-10(7)16-11(13-14-15-16)8-6-9(8)12(17)18/h2-5,8-9H,6H2,1H3,(H,17,18). The van der Waals surface area contributed by atoms with Crippen LogP contribution < -0.4 is 0 Å². The third-order valence-electron chi connectivity index (χ3n) is 3.28. The Labute approximate surface area is 103 Å². The molecule has 6 heteroatoms. The normalized spacial score (nSPS) is 21.8. The van der Waals surface area contributed by atoms with Crippen LogP contribution in [0, 0.1) is 12.8 Å². The lowest BCUT2D eigenvalue weighted by molar-refractivity contribution is -0.138. The molecule has 0 aliphatic heterocycles. The van der Waals surface area contributed by atoms with E-state index in [0.29, 0.717) is 12.2 Å². The van der Waals surface area contributed by atoms with Gasteiger partial charge in [0.05, 0.1) is 11.6 Å². The van der Waals surface area contributed by atoms with E-state index in [4.69, 9.17) is 5.11 Å². The van der Waals surface area contributed by atoms with Crippen molar-refractivity contribution < 1.29 is 9.90 Å².